The molecule has 1 N–H and O–H groups in total. The van der Waals surface area contributed by atoms with Crippen LogP contribution in [0.5, 0.6) is 0 Å². The number of piperidine rings is 1. The highest BCUT2D eigenvalue weighted by molar-refractivity contribution is 6.42. The number of hydrogen-bond donors (Lipinski definition) is 1. The van der Waals surface area contributed by atoms with Gasteiger partial charge in [-0.05, 0) is 112 Å². The van der Waals surface area contributed by atoms with Gasteiger partial charge in [0, 0.05) is 30.3 Å². The third kappa shape index (κ3) is 10.5. The Morgan fingerprint density at radius 2 is 1.54 bits per heavy atom. The maximum atomic E-state index is 6.59. The van der Waals surface area contributed by atoms with Crippen molar-refractivity contribution < 1.29 is 0 Å². The maximum absolute atomic E-state index is 6.59. The van der Waals surface area contributed by atoms with Crippen LogP contribution in [0.15, 0.2) is 97.2 Å². The molecule has 6 nitrogen and oxygen atoms in total. The molecule has 0 spiro atoms. The number of benzene rings is 3. The summed E-state index contributed by atoms with van der Waals surface area (Å²) in [5, 5.41) is 4.52. The van der Waals surface area contributed by atoms with Gasteiger partial charge in [-0.15, -0.1) is 0 Å². The van der Waals surface area contributed by atoms with Gasteiger partial charge in [-0.1, -0.05) is 124 Å². The fourth-order valence-electron chi connectivity index (χ4n) is 6.78. The number of imidazole rings is 1. The Morgan fingerprint density at radius 1 is 0.833 bits per heavy atom. The van der Waals surface area contributed by atoms with Crippen molar-refractivity contribution in [2.75, 3.05) is 25.5 Å². The Bertz CT molecular complexity index is 2030. The SMILES string of the molecule is C=C(C=C(C)C)c1cccc(Cc2ccc(Cn3c(C4CCN(C)CC4)nc(-c4ccc(Cl)c(Cl)c4)c3-c3ccnc(NC4CC4)n3)cc2)c1.CC.CC. The number of anilines is 1. The molecule has 54 heavy (non-hydrogen) atoms. The first-order valence-corrected chi connectivity index (χ1v) is 20.3. The summed E-state index contributed by atoms with van der Waals surface area (Å²) in [6.07, 6.45) is 9.22. The largest absolute Gasteiger partial charge is 0.351 e. The zero-order valence-corrected chi connectivity index (χ0v) is 34.6. The summed E-state index contributed by atoms with van der Waals surface area (Å²) in [5.41, 5.74) is 10.8. The van der Waals surface area contributed by atoms with E-state index in [0.29, 0.717) is 34.5 Å². The average Bonchev–Trinajstić information content (AvgIpc) is 3.93. The van der Waals surface area contributed by atoms with Gasteiger partial charge in [0.15, 0.2) is 0 Å². The molecule has 2 aliphatic rings. The second-order valence-corrected chi connectivity index (χ2v) is 14.9. The Labute approximate surface area is 333 Å². The predicted molar refractivity (Wildman–Crippen MR) is 231 cm³/mol. The van der Waals surface area contributed by atoms with E-state index in [1.165, 1.54) is 22.3 Å². The van der Waals surface area contributed by atoms with Crippen LogP contribution in [0.3, 0.4) is 0 Å². The molecule has 284 valence electrons. The van der Waals surface area contributed by atoms with Gasteiger partial charge in [0.25, 0.3) is 0 Å². The average molecular weight is 764 g/mol. The van der Waals surface area contributed by atoms with E-state index in [1.807, 2.05) is 58.2 Å². The molecule has 7 rings (SSSR count). The van der Waals surface area contributed by atoms with Gasteiger partial charge in [0.05, 0.1) is 27.1 Å². The Balaban J connectivity index is 0.00000136. The highest BCUT2D eigenvalue weighted by atomic mass is 35.5. The summed E-state index contributed by atoms with van der Waals surface area (Å²) in [5.74, 6) is 2.05. The molecule has 1 aliphatic carbocycles. The zero-order valence-electron chi connectivity index (χ0n) is 33.1. The van der Waals surface area contributed by atoms with Crippen LogP contribution in [-0.4, -0.2) is 50.6 Å². The van der Waals surface area contributed by atoms with Crippen molar-refractivity contribution >= 4 is 34.7 Å². The molecule has 0 unspecified atom stereocenters. The summed E-state index contributed by atoms with van der Waals surface area (Å²) in [6.45, 7) is 19.2. The van der Waals surface area contributed by atoms with Gasteiger partial charge in [0.2, 0.25) is 5.95 Å². The second kappa shape index (κ2) is 19.4. The number of aromatic nitrogens is 4. The molecule has 2 aromatic heterocycles. The number of hydrogen-bond acceptors (Lipinski definition) is 5. The molecule has 0 amide bonds. The number of nitrogens with one attached hydrogen (secondary N) is 1. The third-order valence-corrected chi connectivity index (χ3v) is 10.4. The van der Waals surface area contributed by atoms with E-state index >= 15 is 0 Å². The molecule has 3 heterocycles. The molecule has 5 aromatic rings. The molecule has 1 aliphatic heterocycles. The molecule has 1 saturated carbocycles. The van der Waals surface area contributed by atoms with E-state index in [9.17, 15) is 0 Å². The molecule has 0 bridgehead atoms. The number of halogens is 2. The lowest BCUT2D eigenvalue weighted by Crippen LogP contribution is -2.30. The standard InChI is InChI=1S/C42H44Cl2N6.2C2H6/c1-27(2)22-28(3)33-7-5-6-31(24-33)23-29-8-10-30(11-9-29)26-50-40(38-16-19-45-42(47-38)46-35-13-14-35)39(34-12-15-36(43)37(44)25-34)48-41(50)32-17-20-49(4)21-18-32;2*1-2/h5-12,15-16,19,22,24-25,32,35H,3,13-14,17-18,20-21,23,26H2,1-2,4H3,(H,45,46,47);2*1-2H3. The van der Waals surface area contributed by atoms with Crippen LogP contribution in [0, 0.1) is 0 Å². The Hall–Kier alpha value is -4.23. The van der Waals surface area contributed by atoms with Crippen LogP contribution in [-0.2, 0) is 13.0 Å². The normalized spacial score (nSPS) is 14.3. The number of nitrogens with zero attached hydrogens (tertiary/aromatic N) is 5. The van der Waals surface area contributed by atoms with Crippen molar-refractivity contribution in [1.29, 1.82) is 0 Å². The molecule has 1 saturated heterocycles. The zero-order chi connectivity index (χ0) is 38.8. The summed E-state index contributed by atoms with van der Waals surface area (Å²) in [6, 6.07) is 25.9. The minimum atomic E-state index is 0.319. The van der Waals surface area contributed by atoms with Gasteiger partial charge < -0.3 is 14.8 Å². The van der Waals surface area contributed by atoms with Gasteiger partial charge in [-0.3, -0.25) is 0 Å². The molecule has 0 atom stereocenters. The third-order valence-electron chi connectivity index (χ3n) is 9.62. The van der Waals surface area contributed by atoms with Gasteiger partial charge in [-0.2, -0.15) is 0 Å². The summed E-state index contributed by atoms with van der Waals surface area (Å²) < 4.78 is 2.39. The highest BCUT2D eigenvalue weighted by Gasteiger charge is 2.29. The second-order valence-electron chi connectivity index (χ2n) is 14.1. The van der Waals surface area contributed by atoms with E-state index in [1.54, 1.807) is 0 Å². The van der Waals surface area contributed by atoms with Crippen LogP contribution in [0.4, 0.5) is 5.95 Å². The van der Waals surface area contributed by atoms with Crippen LogP contribution in [0.1, 0.15) is 101 Å². The van der Waals surface area contributed by atoms with Gasteiger partial charge in [-0.25, -0.2) is 15.0 Å². The lowest BCUT2D eigenvalue weighted by molar-refractivity contribution is 0.249. The van der Waals surface area contributed by atoms with E-state index in [2.05, 4.69) is 102 Å². The lowest BCUT2D eigenvalue weighted by atomic mass is 9.96. The van der Waals surface area contributed by atoms with Crippen molar-refractivity contribution in [3.05, 3.63) is 135 Å². The van der Waals surface area contributed by atoms with Gasteiger partial charge >= 0.3 is 0 Å². The van der Waals surface area contributed by atoms with E-state index in [0.717, 1.165) is 84.8 Å². The van der Waals surface area contributed by atoms with E-state index in [-0.39, 0.29) is 0 Å². The molecule has 3 aromatic carbocycles. The van der Waals surface area contributed by atoms with E-state index in [4.69, 9.17) is 33.2 Å². The predicted octanol–water partition coefficient (Wildman–Crippen LogP) is 12.4. The smallest absolute Gasteiger partial charge is 0.223 e. The quantitative estimate of drug-likeness (QED) is 0.136. The molecular formula is C46H56Cl2N6. The molecule has 0 radical (unpaired) electrons. The first-order chi connectivity index (χ1) is 26.2. The first-order valence-electron chi connectivity index (χ1n) is 19.6. The van der Waals surface area contributed by atoms with Crippen molar-refractivity contribution in [2.45, 2.75) is 92.2 Å². The fraction of sp³-hybridized carbons (Fsp3) is 0.370. The van der Waals surface area contributed by atoms with Crippen LogP contribution >= 0.6 is 23.2 Å². The van der Waals surface area contributed by atoms with Crippen molar-refractivity contribution in [3.8, 4) is 22.6 Å². The Morgan fingerprint density at radius 3 is 2.20 bits per heavy atom. The van der Waals surface area contributed by atoms with Crippen LogP contribution in [0.25, 0.3) is 28.2 Å². The molecular weight excluding hydrogens is 707 g/mol. The minimum absolute atomic E-state index is 0.319. The van der Waals surface area contributed by atoms with Crippen molar-refractivity contribution in [1.82, 2.24) is 24.4 Å². The number of likely N-dealkylation sites (tertiary alicyclic amines) is 1. The van der Waals surface area contributed by atoms with Crippen molar-refractivity contribution in [3.63, 3.8) is 0 Å². The molecule has 8 heteroatoms. The summed E-state index contributed by atoms with van der Waals surface area (Å²) >= 11 is 13.0. The van der Waals surface area contributed by atoms with Crippen LogP contribution in [0.2, 0.25) is 10.0 Å². The van der Waals surface area contributed by atoms with E-state index < -0.39 is 0 Å². The Kier molecular flexibility index (Phi) is 14.7. The fourth-order valence-corrected chi connectivity index (χ4v) is 7.08. The lowest BCUT2D eigenvalue weighted by Gasteiger charge is -2.29. The minimum Gasteiger partial charge on any atom is -0.351 e. The number of allylic oxidation sites excluding steroid dienone is 3. The summed E-state index contributed by atoms with van der Waals surface area (Å²) in [7, 11) is 2.20. The first kappa shape index (κ1) is 40.9. The molecule has 2 fully saturated rings. The highest BCUT2D eigenvalue weighted by Crippen LogP contribution is 2.39. The summed E-state index contributed by atoms with van der Waals surface area (Å²) in [4.78, 5) is 17.5. The monoisotopic (exact) mass is 762 g/mol. The number of rotatable bonds is 11. The van der Waals surface area contributed by atoms with Crippen molar-refractivity contribution in [2.24, 2.45) is 0 Å². The van der Waals surface area contributed by atoms with Gasteiger partial charge in [0.1, 0.15) is 5.82 Å². The maximum Gasteiger partial charge on any atom is 0.223 e. The topological polar surface area (TPSA) is 58.9 Å². The van der Waals surface area contributed by atoms with Crippen LogP contribution < -0.4 is 5.32 Å².